The maximum Gasteiger partial charge on any atom is 0.350 e. The van der Waals surface area contributed by atoms with E-state index < -0.39 is 12.1 Å². The Bertz CT molecular complexity index is 895. The van der Waals surface area contributed by atoms with Crippen LogP contribution in [0.2, 0.25) is 0 Å². The number of nitriles is 1. The minimum atomic E-state index is -1.11. The van der Waals surface area contributed by atoms with Gasteiger partial charge in [0.05, 0.1) is 0 Å². The first-order valence-electron chi connectivity index (χ1n) is 8.69. The maximum absolute atomic E-state index is 12.6. The van der Waals surface area contributed by atoms with E-state index >= 15 is 0 Å². The zero-order chi connectivity index (χ0) is 20.7. The molecule has 2 rings (SSSR count). The molecule has 6 heteroatoms. The van der Waals surface area contributed by atoms with Crippen molar-refractivity contribution >= 4 is 23.6 Å². The average Bonchev–Trinajstić information content (AvgIpc) is 2.70. The smallest absolute Gasteiger partial charge is 0.350 e. The lowest BCUT2D eigenvalue weighted by Crippen LogP contribution is -2.31. The van der Waals surface area contributed by atoms with Crippen LogP contribution in [0.15, 0.2) is 60.2 Å². The molecule has 0 spiro atoms. The third-order valence-electron chi connectivity index (χ3n) is 4.05. The van der Waals surface area contributed by atoms with Crippen molar-refractivity contribution < 1.29 is 14.3 Å². The number of likely N-dealkylation sites (N-methyl/N-ethyl adjacent to an activating group) is 1. The highest BCUT2D eigenvalue weighted by Gasteiger charge is 2.27. The SMILES string of the molecule is CN(C)C(=O)[C@@H](OC(=O)/C(C#N)=C/c1ccc(N(C)C)cc1)c1ccccc1. The molecule has 0 unspecified atom stereocenters. The van der Waals surface area contributed by atoms with E-state index in [-0.39, 0.29) is 11.5 Å². The Kier molecular flexibility index (Phi) is 6.94. The monoisotopic (exact) mass is 377 g/mol. The predicted molar refractivity (Wildman–Crippen MR) is 108 cm³/mol. The summed E-state index contributed by atoms with van der Waals surface area (Å²) in [5.41, 5.74) is 2.06. The first kappa shape index (κ1) is 20.7. The van der Waals surface area contributed by atoms with Crippen LogP contribution in [-0.4, -0.2) is 45.0 Å². The number of ether oxygens (including phenoxy) is 1. The summed E-state index contributed by atoms with van der Waals surface area (Å²) < 4.78 is 5.42. The lowest BCUT2D eigenvalue weighted by atomic mass is 10.1. The van der Waals surface area contributed by atoms with Crippen LogP contribution >= 0.6 is 0 Å². The topological polar surface area (TPSA) is 73.6 Å². The predicted octanol–water partition coefficient (Wildman–Crippen LogP) is 3.03. The molecule has 0 bridgehead atoms. The molecule has 0 radical (unpaired) electrons. The largest absolute Gasteiger partial charge is 0.443 e. The van der Waals surface area contributed by atoms with E-state index in [1.165, 1.54) is 11.0 Å². The molecular weight excluding hydrogens is 354 g/mol. The number of rotatable bonds is 6. The molecule has 0 aromatic heterocycles. The zero-order valence-corrected chi connectivity index (χ0v) is 16.4. The molecule has 0 N–H and O–H groups in total. The van der Waals surface area contributed by atoms with E-state index in [9.17, 15) is 14.9 Å². The number of hydrogen-bond donors (Lipinski definition) is 0. The van der Waals surface area contributed by atoms with Crippen molar-refractivity contribution in [1.82, 2.24) is 4.90 Å². The Morgan fingerprint density at radius 2 is 1.61 bits per heavy atom. The van der Waals surface area contributed by atoms with Gasteiger partial charge < -0.3 is 14.5 Å². The highest BCUT2D eigenvalue weighted by molar-refractivity contribution is 5.99. The molecule has 2 aromatic rings. The van der Waals surface area contributed by atoms with Crippen molar-refractivity contribution in [2.45, 2.75) is 6.10 Å². The van der Waals surface area contributed by atoms with E-state index in [0.29, 0.717) is 11.1 Å². The normalized spacial score (nSPS) is 11.9. The van der Waals surface area contributed by atoms with Gasteiger partial charge in [0.25, 0.3) is 5.91 Å². The van der Waals surface area contributed by atoms with Gasteiger partial charge in [0.1, 0.15) is 11.6 Å². The highest BCUT2D eigenvalue weighted by Crippen LogP contribution is 2.22. The number of benzene rings is 2. The Morgan fingerprint density at radius 3 is 2.11 bits per heavy atom. The summed E-state index contributed by atoms with van der Waals surface area (Å²) in [4.78, 5) is 28.4. The number of nitrogens with zero attached hydrogens (tertiary/aromatic N) is 3. The first-order chi connectivity index (χ1) is 13.3. The Labute approximate surface area is 165 Å². The summed E-state index contributed by atoms with van der Waals surface area (Å²) in [5.74, 6) is -1.23. The van der Waals surface area contributed by atoms with Crippen LogP contribution in [-0.2, 0) is 14.3 Å². The fraction of sp³-hybridized carbons (Fsp3) is 0.227. The van der Waals surface area contributed by atoms with Gasteiger partial charge in [0, 0.05) is 39.4 Å². The van der Waals surface area contributed by atoms with E-state index in [1.54, 1.807) is 56.6 Å². The number of hydrogen-bond acceptors (Lipinski definition) is 5. The number of anilines is 1. The molecule has 6 nitrogen and oxygen atoms in total. The van der Waals surface area contributed by atoms with Crippen molar-refractivity contribution in [2.75, 3.05) is 33.1 Å². The quantitative estimate of drug-likeness (QED) is 0.439. The summed E-state index contributed by atoms with van der Waals surface area (Å²) in [6.45, 7) is 0. The molecule has 0 aliphatic carbocycles. The van der Waals surface area contributed by atoms with Crippen LogP contribution < -0.4 is 4.90 Å². The second kappa shape index (κ2) is 9.38. The Hall–Kier alpha value is -3.59. The van der Waals surface area contributed by atoms with Gasteiger partial charge in [-0.2, -0.15) is 5.26 Å². The third kappa shape index (κ3) is 5.21. The molecule has 0 aliphatic heterocycles. The molecule has 2 aromatic carbocycles. The Balaban J connectivity index is 2.27. The van der Waals surface area contributed by atoms with E-state index in [4.69, 9.17) is 4.74 Å². The van der Waals surface area contributed by atoms with Crippen molar-refractivity contribution in [3.05, 3.63) is 71.3 Å². The second-order valence-corrected chi connectivity index (χ2v) is 6.58. The molecule has 0 fully saturated rings. The van der Waals surface area contributed by atoms with Gasteiger partial charge in [-0.05, 0) is 23.8 Å². The molecule has 1 amide bonds. The van der Waals surface area contributed by atoms with Gasteiger partial charge in [-0.25, -0.2) is 4.79 Å². The fourth-order valence-corrected chi connectivity index (χ4v) is 2.47. The maximum atomic E-state index is 12.6. The number of esters is 1. The van der Waals surface area contributed by atoms with Gasteiger partial charge in [-0.3, -0.25) is 4.79 Å². The minimum absolute atomic E-state index is 0.176. The number of carbonyl (C=O) groups excluding carboxylic acids is 2. The van der Waals surface area contributed by atoms with Crippen LogP contribution in [0.5, 0.6) is 0 Å². The highest BCUT2D eigenvalue weighted by atomic mass is 16.5. The van der Waals surface area contributed by atoms with Crippen molar-refractivity contribution in [3.63, 3.8) is 0 Å². The second-order valence-electron chi connectivity index (χ2n) is 6.58. The van der Waals surface area contributed by atoms with Crippen molar-refractivity contribution in [1.29, 1.82) is 5.26 Å². The minimum Gasteiger partial charge on any atom is -0.443 e. The van der Waals surface area contributed by atoms with Crippen molar-refractivity contribution in [2.24, 2.45) is 0 Å². The lowest BCUT2D eigenvalue weighted by molar-refractivity contribution is -0.156. The number of carbonyl (C=O) groups is 2. The van der Waals surface area contributed by atoms with Gasteiger partial charge in [-0.1, -0.05) is 42.5 Å². The molecule has 144 valence electrons. The Morgan fingerprint density at radius 1 is 1.00 bits per heavy atom. The van der Waals surface area contributed by atoms with Crippen molar-refractivity contribution in [3.8, 4) is 6.07 Å². The van der Waals surface area contributed by atoms with Crippen LogP contribution in [0, 0.1) is 11.3 Å². The van der Waals surface area contributed by atoms with E-state index in [0.717, 1.165) is 5.69 Å². The molecular formula is C22H23N3O3. The summed E-state index contributed by atoms with van der Waals surface area (Å²) in [7, 11) is 7.02. The summed E-state index contributed by atoms with van der Waals surface area (Å²) in [6, 6.07) is 18.0. The molecule has 1 atom stereocenters. The fourth-order valence-electron chi connectivity index (χ4n) is 2.47. The average molecular weight is 377 g/mol. The summed E-state index contributed by atoms with van der Waals surface area (Å²) >= 11 is 0. The molecule has 0 saturated heterocycles. The first-order valence-corrected chi connectivity index (χ1v) is 8.69. The summed E-state index contributed by atoms with van der Waals surface area (Å²) in [5, 5.41) is 9.41. The third-order valence-corrected chi connectivity index (χ3v) is 4.05. The summed E-state index contributed by atoms with van der Waals surface area (Å²) in [6.07, 6.45) is 0.334. The zero-order valence-electron chi connectivity index (χ0n) is 16.4. The van der Waals surface area contributed by atoms with Gasteiger partial charge in [-0.15, -0.1) is 0 Å². The van der Waals surface area contributed by atoms with Crippen LogP contribution in [0.3, 0.4) is 0 Å². The molecule has 0 aliphatic rings. The van der Waals surface area contributed by atoms with E-state index in [1.807, 2.05) is 37.2 Å². The number of amides is 1. The molecule has 0 saturated carbocycles. The molecule has 0 heterocycles. The standard InChI is InChI=1S/C22H23N3O3/c1-24(2)19-12-10-16(11-13-19)14-18(15-23)22(27)28-20(21(26)25(3)4)17-8-6-5-7-9-17/h5-14,20H,1-4H3/b18-14+/t20-/m0/s1. The molecule has 28 heavy (non-hydrogen) atoms. The van der Waals surface area contributed by atoms with Crippen LogP contribution in [0.1, 0.15) is 17.2 Å². The van der Waals surface area contributed by atoms with Crippen LogP contribution in [0.4, 0.5) is 5.69 Å². The van der Waals surface area contributed by atoms with Crippen LogP contribution in [0.25, 0.3) is 6.08 Å². The van der Waals surface area contributed by atoms with Gasteiger partial charge in [0.15, 0.2) is 0 Å². The van der Waals surface area contributed by atoms with E-state index in [2.05, 4.69) is 0 Å². The lowest BCUT2D eigenvalue weighted by Gasteiger charge is -2.21. The van der Waals surface area contributed by atoms with Gasteiger partial charge >= 0.3 is 5.97 Å². The van der Waals surface area contributed by atoms with Gasteiger partial charge in [0.2, 0.25) is 6.10 Å².